The van der Waals surface area contributed by atoms with Gasteiger partial charge in [-0.15, -0.1) is 0 Å². The number of methoxy groups -OCH3 is 1. The molecule has 1 amide bonds. The molecule has 0 saturated carbocycles. The van der Waals surface area contributed by atoms with Gasteiger partial charge in [-0.25, -0.2) is 0 Å². The van der Waals surface area contributed by atoms with Crippen molar-refractivity contribution in [2.24, 2.45) is 0 Å². The lowest BCUT2D eigenvalue weighted by Gasteiger charge is -2.28. The molecule has 1 fully saturated rings. The molecule has 1 aliphatic heterocycles. The molecule has 1 saturated heterocycles. The monoisotopic (exact) mass is 567 g/mol. The first-order valence-corrected chi connectivity index (χ1v) is 14.4. The highest BCUT2D eigenvalue weighted by Crippen LogP contribution is 2.42. The van der Waals surface area contributed by atoms with Gasteiger partial charge in [0.25, 0.3) is 0 Å². The largest absolute Gasteiger partial charge is 0.495 e. The van der Waals surface area contributed by atoms with Crippen molar-refractivity contribution in [1.29, 1.82) is 0 Å². The lowest BCUT2D eigenvalue weighted by Crippen LogP contribution is -2.33. The second-order valence-electron chi connectivity index (χ2n) is 10.4. The van der Waals surface area contributed by atoms with Crippen LogP contribution >= 0.6 is 12.2 Å². The number of ether oxygens (including phenoxy) is 1. The predicted molar refractivity (Wildman–Crippen MR) is 168 cm³/mol. The molecule has 212 valence electrons. The predicted octanol–water partition coefficient (Wildman–Crippen LogP) is 6.37. The van der Waals surface area contributed by atoms with E-state index in [1.807, 2.05) is 48.7 Å². The van der Waals surface area contributed by atoms with Crippen molar-refractivity contribution in [3.05, 3.63) is 107 Å². The van der Waals surface area contributed by atoms with Crippen molar-refractivity contribution in [3.63, 3.8) is 0 Å². The van der Waals surface area contributed by atoms with Gasteiger partial charge in [0.15, 0.2) is 5.11 Å². The molecule has 0 radical (unpaired) electrons. The third kappa shape index (κ3) is 5.57. The van der Waals surface area contributed by atoms with Crippen LogP contribution < -0.4 is 15.4 Å². The highest BCUT2D eigenvalue weighted by atomic mass is 32.1. The van der Waals surface area contributed by atoms with Gasteiger partial charge in [0.2, 0.25) is 5.91 Å². The summed E-state index contributed by atoms with van der Waals surface area (Å²) < 4.78 is 7.77. The summed E-state index contributed by atoms with van der Waals surface area (Å²) in [6, 6.07) is 21.8. The Balaban J connectivity index is 1.50. The molecule has 5 rings (SSSR count). The van der Waals surface area contributed by atoms with Crippen LogP contribution in [0.15, 0.2) is 72.9 Å². The summed E-state index contributed by atoms with van der Waals surface area (Å²) in [6.07, 6.45) is 3.02. The number of carbonyl (C=O) groups excluding carboxylic acids is 1. The quantitative estimate of drug-likeness (QED) is 0.229. The first-order chi connectivity index (χ1) is 19.8. The SMILES string of the molecule is CCc1cccc(C)c1-n1c(C)cc([C@H]2[C@H](c3ccccn3)NC(=S)N2CCC(=O)Nc2ccccc2OC)c1C. The maximum atomic E-state index is 13.1. The van der Waals surface area contributed by atoms with E-state index in [4.69, 9.17) is 17.0 Å². The summed E-state index contributed by atoms with van der Waals surface area (Å²) in [5.41, 5.74) is 8.84. The molecule has 41 heavy (non-hydrogen) atoms. The van der Waals surface area contributed by atoms with Gasteiger partial charge < -0.3 is 24.8 Å². The fraction of sp³-hybridized carbons (Fsp3) is 0.303. The van der Waals surface area contributed by atoms with Crippen LogP contribution in [-0.4, -0.2) is 39.1 Å². The number of carbonyl (C=O) groups is 1. The molecule has 2 aromatic heterocycles. The molecule has 2 aromatic carbocycles. The Labute approximate surface area is 247 Å². The molecule has 2 atom stereocenters. The van der Waals surface area contributed by atoms with E-state index in [9.17, 15) is 4.79 Å². The summed E-state index contributed by atoms with van der Waals surface area (Å²) in [4.78, 5) is 19.9. The lowest BCUT2D eigenvalue weighted by atomic mass is 9.96. The molecule has 0 spiro atoms. The Morgan fingerprint density at radius 3 is 2.59 bits per heavy atom. The van der Waals surface area contributed by atoms with Crippen LogP contribution in [0.25, 0.3) is 5.69 Å². The van der Waals surface area contributed by atoms with Gasteiger partial charge in [0, 0.05) is 30.6 Å². The van der Waals surface area contributed by atoms with Crippen LogP contribution in [0.5, 0.6) is 5.75 Å². The van der Waals surface area contributed by atoms with Crippen LogP contribution in [0.4, 0.5) is 5.69 Å². The fourth-order valence-corrected chi connectivity index (χ4v) is 6.26. The minimum absolute atomic E-state index is 0.102. The Morgan fingerprint density at radius 2 is 1.85 bits per heavy atom. The zero-order valence-corrected chi connectivity index (χ0v) is 25.1. The van der Waals surface area contributed by atoms with Crippen molar-refractivity contribution in [2.45, 2.75) is 52.6 Å². The number of rotatable bonds is 9. The molecule has 4 aromatic rings. The van der Waals surface area contributed by atoms with E-state index in [-0.39, 0.29) is 24.4 Å². The van der Waals surface area contributed by atoms with E-state index in [1.54, 1.807) is 7.11 Å². The number of thiocarbonyl (C=S) groups is 1. The van der Waals surface area contributed by atoms with Crippen LogP contribution in [0.2, 0.25) is 0 Å². The van der Waals surface area contributed by atoms with E-state index in [0.717, 1.165) is 23.5 Å². The van der Waals surface area contributed by atoms with E-state index in [0.29, 0.717) is 23.1 Å². The van der Waals surface area contributed by atoms with Gasteiger partial charge in [-0.05, 0) is 86.4 Å². The topological polar surface area (TPSA) is 71.4 Å². The van der Waals surface area contributed by atoms with E-state index >= 15 is 0 Å². The number of nitrogens with zero attached hydrogens (tertiary/aromatic N) is 3. The number of hydrogen-bond acceptors (Lipinski definition) is 4. The van der Waals surface area contributed by atoms with Gasteiger partial charge in [-0.1, -0.05) is 43.3 Å². The first kappa shape index (κ1) is 28.4. The summed E-state index contributed by atoms with van der Waals surface area (Å²) >= 11 is 5.88. The molecule has 0 aliphatic carbocycles. The summed E-state index contributed by atoms with van der Waals surface area (Å²) in [7, 11) is 1.60. The lowest BCUT2D eigenvalue weighted by molar-refractivity contribution is -0.116. The molecular weight excluding hydrogens is 530 g/mol. The Kier molecular flexibility index (Phi) is 8.40. The van der Waals surface area contributed by atoms with Crippen LogP contribution in [0.1, 0.15) is 59.2 Å². The number of anilines is 1. The van der Waals surface area contributed by atoms with Gasteiger partial charge in [-0.3, -0.25) is 9.78 Å². The number of hydrogen-bond donors (Lipinski definition) is 2. The van der Waals surface area contributed by atoms with Crippen molar-refractivity contribution in [3.8, 4) is 11.4 Å². The molecular formula is C33H37N5O2S. The fourth-order valence-electron chi connectivity index (χ4n) is 5.92. The summed E-state index contributed by atoms with van der Waals surface area (Å²) in [5.74, 6) is 0.526. The second-order valence-corrected chi connectivity index (χ2v) is 10.8. The first-order valence-electron chi connectivity index (χ1n) is 14.0. The molecule has 8 heteroatoms. The average molecular weight is 568 g/mol. The van der Waals surface area contributed by atoms with Crippen LogP contribution in [0.3, 0.4) is 0 Å². The Bertz CT molecular complexity index is 1570. The molecule has 0 unspecified atom stereocenters. The average Bonchev–Trinajstić information content (AvgIpc) is 3.46. The Morgan fingerprint density at radius 1 is 1.07 bits per heavy atom. The minimum Gasteiger partial charge on any atom is -0.495 e. The van der Waals surface area contributed by atoms with Crippen LogP contribution in [0, 0.1) is 20.8 Å². The number of aryl methyl sites for hydroxylation is 3. The van der Waals surface area contributed by atoms with Crippen molar-refractivity contribution in [1.82, 2.24) is 19.8 Å². The van der Waals surface area contributed by atoms with Gasteiger partial charge in [0.1, 0.15) is 5.75 Å². The summed E-state index contributed by atoms with van der Waals surface area (Å²) in [6.45, 7) is 9.15. The smallest absolute Gasteiger partial charge is 0.226 e. The van der Waals surface area contributed by atoms with Crippen molar-refractivity contribution in [2.75, 3.05) is 19.0 Å². The minimum atomic E-state index is -0.155. The molecule has 1 aliphatic rings. The van der Waals surface area contributed by atoms with Gasteiger partial charge in [-0.2, -0.15) is 0 Å². The number of nitrogens with one attached hydrogen (secondary N) is 2. The van der Waals surface area contributed by atoms with Crippen molar-refractivity contribution < 1.29 is 9.53 Å². The number of amides is 1. The molecule has 0 bridgehead atoms. The molecule has 7 nitrogen and oxygen atoms in total. The number of para-hydroxylation sites is 3. The number of pyridine rings is 1. The van der Waals surface area contributed by atoms with E-state index in [1.165, 1.54) is 22.4 Å². The highest BCUT2D eigenvalue weighted by molar-refractivity contribution is 7.80. The maximum absolute atomic E-state index is 13.1. The number of benzene rings is 2. The van der Waals surface area contributed by atoms with Crippen LogP contribution in [-0.2, 0) is 11.2 Å². The summed E-state index contributed by atoms with van der Waals surface area (Å²) in [5, 5.41) is 7.13. The van der Waals surface area contributed by atoms with E-state index in [2.05, 4.69) is 77.0 Å². The van der Waals surface area contributed by atoms with Gasteiger partial charge in [0.05, 0.1) is 36.3 Å². The standard InChI is InChI=1S/C33H37N5O2S/c1-6-24-13-11-12-21(2)31(24)38-22(3)20-25(23(38)4)32-30(27-15-9-10-18-34-27)36-33(41)37(32)19-17-29(39)35-26-14-7-8-16-28(26)40-5/h7-16,18,20,30,32H,6,17,19H2,1-5H3,(H,35,39)(H,36,41)/t30-,32-/m0/s1. The second kappa shape index (κ2) is 12.1. The van der Waals surface area contributed by atoms with E-state index < -0.39 is 0 Å². The normalized spacial score (nSPS) is 16.5. The zero-order valence-electron chi connectivity index (χ0n) is 24.3. The molecule has 3 heterocycles. The maximum Gasteiger partial charge on any atom is 0.226 e. The number of aromatic nitrogens is 2. The molecule has 2 N–H and O–H groups in total. The third-order valence-electron chi connectivity index (χ3n) is 7.87. The van der Waals surface area contributed by atoms with Crippen molar-refractivity contribution >= 4 is 28.9 Å². The zero-order chi connectivity index (χ0) is 29.1. The van der Waals surface area contributed by atoms with Gasteiger partial charge >= 0.3 is 0 Å². The third-order valence-corrected chi connectivity index (χ3v) is 8.23. The highest BCUT2D eigenvalue weighted by Gasteiger charge is 2.41. The Hall–Kier alpha value is -4.17.